The molecule has 0 saturated carbocycles. The van der Waals surface area contributed by atoms with Gasteiger partial charge in [-0.25, -0.2) is 4.98 Å². The molecule has 0 aliphatic rings. The summed E-state index contributed by atoms with van der Waals surface area (Å²) in [5.74, 6) is 0. The molecule has 0 saturated heterocycles. The van der Waals surface area contributed by atoms with Crippen molar-refractivity contribution in [1.82, 2.24) is 10.3 Å². The Morgan fingerprint density at radius 3 is 2.38 bits per heavy atom. The minimum atomic E-state index is 0.728. The van der Waals surface area contributed by atoms with Crippen molar-refractivity contribution in [3.8, 4) is 0 Å². The van der Waals surface area contributed by atoms with Crippen molar-refractivity contribution in [2.75, 3.05) is 51.0 Å². The number of anilines is 1. The van der Waals surface area contributed by atoms with E-state index in [-0.39, 0.29) is 0 Å². The molecule has 1 heterocycles. The first kappa shape index (κ1) is 18.4. The molecule has 0 bridgehead atoms. The molecule has 1 N–H and O–H groups in total. The van der Waals surface area contributed by atoms with E-state index in [1.54, 1.807) is 11.3 Å². The number of hydrogen-bond acceptors (Lipinski definition) is 6. The molecule has 1 aromatic rings. The quantitative estimate of drug-likeness (QED) is 0.567. The molecule has 122 valence electrons. The highest BCUT2D eigenvalue weighted by Crippen LogP contribution is 2.20. The topological polar surface area (TPSA) is 46.6 Å². The van der Waals surface area contributed by atoms with Crippen LogP contribution in [0.5, 0.6) is 0 Å². The third kappa shape index (κ3) is 7.76. The zero-order valence-corrected chi connectivity index (χ0v) is 14.4. The van der Waals surface area contributed by atoms with Crippen LogP contribution in [0.3, 0.4) is 0 Å². The molecular formula is C15H29N3O2S. The van der Waals surface area contributed by atoms with Gasteiger partial charge in [-0.15, -0.1) is 11.3 Å². The zero-order valence-electron chi connectivity index (χ0n) is 13.6. The molecule has 0 fully saturated rings. The van der Waals surface area contributed by atoms with E-state index in [0.29, 0.717) is 0 Å². The molecule has 6 heteroatoms. The van der Waals surface area contributed by atoms with Crippen molar-refractivity contribution in [3.05, 3.63) is 11.1 Å². The van der Waals surface area contributed by atoms with Crippen LogP contribution in [0.4, 0.5) is 5.13 Å². The third-order valence-electron chi connectivity index (χ3n) is 2.96. The van der Waals surface area contributed by atoms with Gasteiger partial charge in [0.1, 0.15) is 0 Å². The summed E-state index contributed by atoms with van der Waals surface area (Å²) >= 11 is 1.70. The molecule has 0 spiro atoms. The summed E-state index contributed by atoms with van der Waals surface area (Å²) in [6.45, 7) is 12.8. The minimum Gasteiger partial charge on any atom is -0.380 e. The van der Waals surface area contributed by atoms with Crippen LogP contribution < -0.4 is 10.2 Å². The molecule has 0 unspecified atom stereocenters. The molecule has 1 aromatic heterocycles. The van der Waals surface area contributed by atoms with Gasteiger partial charge < -0.3 is 19.7 Å². The Bertz CT molecular complexity index is 350. The second kappa shape index (κ2) is 11.9. The predicted molar refractivity (Wildman–Crippen MR) is 89.3 cm³/mol. The zero-order chi connectivity index (χ0) is 15.3. The number of hydrogen-bond donors (Lipinski definition) is 1. The van der Waals surface area contributed by atoms with Gasteiger partial charge >= 0.3 is 0 Å². The Labute approximate surface area is 132 Å². The predicted octanol–water partition coefficient (Wildman–Crippen LogP) is 2.52. The molecule has 0 atom stereocenters. The summed E-state index contributed by atoms with van der Waals surface area (Å²) in [7, 11) is 0. The van der Waals surface area contributed by atoms with E-state index in [1.807, 2.05) is 13.8 Å². The highest BCUT2D eigenvalue weighted by atomic mass is 32.1. The Morgan fingerprint density at radius 1 is 1.14 bits per heavy atom. The van der Waals surface area contributed by atoms with Gasteiger partial charge in [0.2, 0.25) is 0 Å². The van der Waals surface area contributed by atoms with Crippen molar-refractivity contribution < 1.29 is 9.47 Å². The minimum absolute atomic E-state index is 0.728. The average molecular weight is 315 g/mol. The van der Waals surface area contributed by atoms with Crippen molar-refractivity contribution in [2.45, 2.75) is 33.7 Å². The number of aromatic nitrogens is 1. The van der Waals surface area contributed by atoms with Crippen LogP contribution in [0, 0.1) is 0 Å². The SMILES string of the molecule is CCCNCc1csc(N(CCOCC)CCOCC)n1. The lowest BCUT2D eigenvalue weighted by Crippen LogP contribution is -2.31. The molecule has 1 rings (SSSR count). The van der Waals surface area contributed by atoms with Crippen LogP contribution in [0.1, 0.15) is 32.9 Å². The Balaban J connectivity index is 2.50. The fraction of sp³-hybridized carbons (Fsp3) is 0.800. The van der Waals surface area contributed by atoms with E-state index in [2.05, 4.69) is 22.5 Å². The lowest BCUT2D eigenvalue weighted by Gasteiger charge is -2.21. The number of nitrogens with zero attached hydrogens (tertiary/aromatic N) is 2. The average Bonchev–Trinajstić information content (AvgIpc) is 2.95. The van der Waals surface area contributed by atoms with Crippen molar-refractivity contribution in [3.63, 3.8) is 0 Å². The van der Waals surface area contributed by atoms with Crippen LogP contribution in [0.15, 0.2) is 5.38 Å². The largest absolute Gasteiger partial charge is 0.380 e. The molecule has 0 radical (unpaired) electrons. The van der Waals surface area contributed by atoms with Gasteiger partial charge in [0.05, 0.1) is 18.9 Å². The number of rotatable bonds is 13. The molecule has 0 aliphatic heterocycles. The third-order valence-corrected chi connectivity index (χ3v) is 3.91. The van der Waals surface area contributed by atoms with E-state index in [1.165, 1.54) is 0 Å². The summed E-state index contributed by atoms with van der Waals surface area (Å²) in [5.41, 5.74) is 1.11. The van der Waals surface area contributed by atoms with Crippen molar-refractivity contribution in [1.29, 1.82) is 0 Å². The lowest BCUT2D eigenvalue weighted by molar-refractivity contribution is 0.141. The van der Waals surface area contributed by atoms with Gasteiger partial charge in [-0.1, -0.05) is 6.92 Å². The van der Waals surface area contributed by atoms with Gasteiger partial charge in [-0.3, -0.25) is 0 Å². The van der Waals surface area contributed by atoms with E-state index in [0.717, 1.165) is 69.9 Å². The summed E-state index contributed by atoms with van der Waals surface area (Å²) < 4.78 is 10.9. The second-order valence-electron chi connectivity index (χ2n) is 4.68. The molecular weight excluding hydrogens is 286 g/mol. The standard InChI is InChI=1S/C15H29N3O2S/c1-4-7-16-12-14-13-21-15(17-14)18(8-10-19-5-2)9-11-20-6-3/h13,16H,4-12H2,1-3H3. The lowest BCUT2D eigenvalue weighted by atomic mass is 10.4. The fourth-order valence-corrected chi connectivity index (χ4v) is 2.74. The normalized spacial score (nSPS) is 11.0. The van der Waals surface area contributed by atoms with E-state index >= 15 is 0 Å². The van der Waals surface area contributed by atoms with Crippen LogP contribution in [-0.2, 0) is 16.0 Å². The maximum Gasteiger partial charge on any atom is 0.185 e. The van der Waals surface area contributed by atoms with Crippen molar-refractivity contribution in [2.24, 2.45) is 0 Å². The first-order valence-electron chi connectivity index (χ1n) is 7.87. The maximum atomic E-state index is 5.46. The van der Waals surface area contributed by atoms with E-state index in [9.17, 15) is 0 Å². The summed E-state index contributed by atoms with van der Waals surface area (Å²) in [6.07, 6.45) is 1.14. The Hall–Kier alpha value is -0.690. The summed E-state index contributed by atoms with van der Waals surface area (Å²) in [5, 5.41) is 6.57. The van der Waals surface area contributed by atoms with Gasteiger partial charge in [0.15, 0.2) is 5.13 Å². The smallest absolute Gasteiger partial charge is 0.185 e. The summed E-state index contributed by atoms with van der Waals surface area (Å²) in [4.78, 5) is 6.96. The maximum absolute atomic E-state index is 5.46. The Morgan fingerprint density at radius 2 is 1.81 bits per heavy atom. The molecule has 0 amide bonds. The van der Waals surface area contributed by atoms with Gasteiger partial charge in [-0.05, 0) is 26.8 Å². The Kier molecular flexibility index (Phi) is 10.4. The summed E-state index contributed by atoms with van der Waals surface area (Å²) in [6, 6.07) is 0. The van der Waals surface area contributed by atoms with Gasteiger partial charge in [0, 0.05) is 38.2 Å². The van der Waals surface area contributed by atoms with Gasteiger partial charge in [0.25, 0.3) is 0 Å². The number of nitrogens with one attached hydrogen (secondary N) is 1. The fourth-order valence-electron chi connectivity index (χ4n) is 1.86. The second-order valence-corrected chi connectivity index (χ2v) is 5.52. The molecule has 5 nitrogen and oxygen atoms in total. The molecule has 0 aliphatic carbocycles. The van der Waals surface area contributed by atoms with E-state index in [4.69, 9.17) is 14.5 Å². The van der Waals surface area contributed by atoms with Gasteiger partial charge in [-0.2, -0.15) is 0 Å². The molecule has 21 heavy (non-hydrogen) atoms. The monoisotopic (exact) mass is 315 g/mol. The van der Waals surface area contributed by atoms with Crippen LogP contribution in [0.2, 0.25) is 0 Å². The first-order valence-corrected chi connectivity index (χ1v) is 8.75. The van der Waals surface area contributed by atoms with Crippen LogP contribution in [-0.4, -0.2) is 51.0 Å². The van der Waals surface area contributed by atoms with Crippen molar-refractivity contribution >= 4 is 16.5 Å². The molecule has 0 aromatic carbocycles. The number of thiazole rings is 1. The van der Waals surface area contributed by atoms with Crippen LogP contribution >= 0.6 is 11.3 Å². The number of ether oxygens (including phenoxy) is 2. The highest BCUT2D eigenvalue weighted by molar-refractivity contribution is 7.13. The highest BCUT2D eigenvalue weighted by Gasteiger charge is 2.11. The van der Waals surface area contributed by atoms with E-state index < -0.39 is 0 Å². The van der Waals surface area contributed by atoms with Crippen LogP contribution in [0.25, 0.3) is 0 Å². The first-order chi connectivity index (χ1) is 10.3.